The minimum atomic E-state index is -4.53. The molecule has 2 aromatic rings. The number of ether oxygens (including phenoxy) is 1. The maximum absolute atomic E-state index is 12.8. The van der Waals surface area contributed by atoms with Gasteiger partial charge >= 0.3 is 6.18 Å². The lowest BCUT2D eigenvalue weighted by Gasteiger charge is -2.17. The van der Waals surface area contributed by atoms with Crippen LogP contribution < -0.4 is 15.4 Å². The van der Waals surface area contributed by atoms with Gasteiger partial charge in [0.05, 0.1) is 19.2 Å². The lowest BCUT2D eigenvalue weighted by molar-refractivity contribution is -0.137. The van der Waals surface area contributed by atoms with Crippen molar-refractivity contribution in [2.24, 2.45) is 0 Å². The van der Waals surface area contributed by atoms with Gasteiger partial charge in [-0.15, -0.1) is 0 Å². The molecule has 9 heteroatoms. The van der Waals surface area contributed by atoms with E-state index in [9.17, 15) is 22.8 Å². The van der Waals surface area contributed by atoms with E-state index in [2.05, 4.69) is 15.5 Å². The summed E-state index contributed by atoms with van der Waals surface area (Å²) in [5.74, 6) is -0.320. The van der Waals surface area contributed by atoms with Crippen molar-refractivity contribution in [2.75, 3.05) is 26.7 Å². The molecule has 1 aliphatic rings. The molecule has 0 aliphatic carbocycles. The zero-order valence-electron chi connectivity index (χ0n) is 17.0. The van der Waals surface area contributed by atoms with Crippen LogP contribution in [0, 0.1) is 0 Å². The maximum Gasteiger partial charge on any atom is 0.416 e. The molecule has 0 radical (unpaired) electrons. The smallest absolute Gasteiger partial charge is 0.416 e. The summed E-state index contributed by atoms with van der Waals surface area (Å²) in [6.07, 6.45) is -3.76. The van der Waals surface area contributed by atoms with Crippen molar-refractivity contribution in [1.29, 1.82) is 0 Å². The van der Waals surface area contributed by atoms with Crippen LogP contribution in [0.2, 0.25) is 0 Å². The van der Waals surface area contributed by atoms with Gasteiger partial charge < -0.3 is 15.4 Å². The number of hydrogen-bond acceptors (Lipinski definition) is 4. The Morgan fingerprint density at radius 3 is 2.68 bits per heavy atom. The molecule has 1 fully saturated rings. The number of carbonyl (C=O) groups excluding carboxylic acids is 2. The zero-order chi connectivity index (χ0) is 22.4. The Labute approximate surface area is 178 Å². The summed E-state index contributed by atoms with van der Waals surface area (Å²) in [7, 11) is 1.62. The highest BCUT2D eigenvalue weighted by atomic mass is 19.4. The van der Waals surface area contributed by atoms with Crippen molar-refractivity contribution in [2.45, 2.75) is 25.2 Å². The van der Waals surface area contributed by atoms with Crippen LogP contribution in [0.1, 0.15) is 27.9 Å². The van der Waals surface area contributed by atoms with E-state index < -0.39 is 17.6 Å². The quantitative estimate of drug-likeness (QED) is 0.702. The first kappa shape index (κ1) is 22.6. The highest BCUT2D eigenvalue weighted by Gasteiger charge is 2.31. The Morgan fingerprint density at radius 1 is 1.16 bits per heavy atom. The molecule has 2 aromatic carbocycles. The molecule has 2 amide bonds. The number of alkyl halides is 3. The summed E-state index contributed by atoms with van der Waals surface area (Å²) >= 11 is 0. The van der Waals surface area contributed by atoms with Gasteiger partial charge in [-0.05, 0) is 42.3 Å². The van der Waals surface area contributed by atoms with Gasteiger partial charge in [0.15, 0.2) is 0 Å². The van der Waals surface area contributed by atoms with Gasteiger partial charge in [-0.3, -0.25) is 14.5 Å². The van der Waals surface area contributed by atoms with Crippen molar-refractivity contribution < 1.29 is 27.5 Å². The number of halogens is 3. The Kier molecular flexibility index (Phi) is 7.17. The van der Waals surface area contributed by atoms with Crippen LogP contribution in [0.4, 0.5) is 13.2 Å². The molecule has 0 bridgehead atoms. The predicted molar refractivity (Wildman–Crippen MR) is 109 cm³/mol. The highest BCUT2D eigenvalue weighted by molar-refractivity contribution is 5.96. The second-order valence-electron chi connectivity index (χ2n) is 7.40. The summed E-state index contributed by atoms with van der Waals surface area (Å²) in [4.78, 5) is 26.5. The number of likely N-dealkylation sites (tertiary alicyclic amines) is 1. The van der Waals surface area contributed by atoms with Crippen LogP contribution in [0.5, 0.6) is 5.75 Å². The minimum Gasteiger partial charge on any atom is -0.497 e. The second kappa shape index (κ2) is 9.82. The van der Waals surface area contributed by atoms with Crippen LogP contribution in [-0.4, -0.2) is 49.5 Å². The monoisotopic (exact) mass is 435 g/mol. The van der Waals surface area contributed by atoms with Gasteiger partial charge in [-0.1, -0.05) is 18.2 Å². The number of nitrogens with zero attached hydrogens (tertiary/aromatic N) is 1. The van der Waals surface area contributed by atoms with Crippen LogP contribution >= 0.6 is 0 Å². The van der Waals surface area contributed by atoms with Gasteiger partial charge in [0.1, 0.15) is 5.75 Å². The van der Waals surface area contributed by atoms with E-state index in [1.54, 1.807) is 7.11 Å². The molecule has 0 spiro atoms. The summed E-state index contributed by atoms with van der Waals surface area (Å²) in [6, 6.07) is 11.8. The number of rotatable bonds is 7. The molecule has 1 atom stereocenters. The molecular formula is C22H24F3N3O3. The van der Waals surface area contributed by atoms with Gasteiger partial charge in [0, 0.05) is 31.2 Å². The van der Waals surface area contributed by atoms with E-state index >= 15 is 0 Å². The van der Waals surface area contributed by atoms with Crippen LogP contribution in [0.25, 0.3) is 0 Å². The van der Waals surface area contributed by atoms with Gasteiger partial charge in [-0.2, -0.15) is 13.2 Å². The number of amides is 2. The van der Waals surface area contributed by atoms with Crippen LogP contribution in [0.3, 0.4) is 0 Å². The van der Waals surface area contributed by atoms with Crippen molar-refractivity contribution in [3.63, 3.8) is 0 Å². The van der Waals surface area contributed by atoms with Gasteiger partial charge in [-0.25, -0.2) is 0 Å². The molecule has 6 nitrogen and oxygen atoms in total. The Morgan fingerprint density at radius 2 is 1.94 bits per heavy atom. The fraction of sp³-hybridized carbons (Fsp3) is 0.364. The summed E-state index contributed by atoms with van der Waals surface area (Å²) in [6.45, 7) is 1.92. The molecule has 166 valence electrons. The molecule has 1 aliphatic heterocycles. The standard InChI is InChI=1S/C22H24F3N3O3/c1-31-19-7-2-4-15(10-19)13-28-9-8-18(14-28)27-20(29)12-26-21(30)16-5-3-6-17(11-16)22(23,24)25/h2-7,10-11,18H,8-9,12-14H2,1H3,(H,26,30)(H,27,29)/t18-/m1/s1. The topological polar surface area (TPSA) is 70.7 Å². The van der Waals surface area contributed by atoms with E-state index in [1.807, 2.05) is 24.3 Å². The number of benzene rings is 2. The molecule has 2 N–H and O–H groups in total. The summed E-state index contributed by atoms with van der Waals surface area (Å²) < 4.78 is 43.5. The summed E-state index contributed by atoms with van der Waals surface area (Å²) in [5, 5.41) is 5.23. The van der Waals surface area contributed by atoms with E-state index in [0.717, 1.165) is 49.0 Å². The largest absolute Gasteiger partial charge is 0.497 e. The van der Waals surface area contributed by atoms with Crippen LogP contribution in [0.15, 0.2) is 48.5 Å². The number of hydrogen-bond donors (Lipinski definition) is 2. The van der Waals surface area contributed by atoms with Crippen molar-refractivity contribution in [1.82, 2.24) is 15.5 Å². The van der Waals surface area contributed by atoms with E-state index in [0.29, 0.717) is 6.54 Å². The summed E-state index contributed by atoms with van der Waals surface area (Å²) in [5.41, 5.74) is 0.0549. The minimum absolute atomic E-state index is 0.0523. The number of carbonyl (C=O) groups is 2. The third-order valence-electron chi connectivity index (χ3n) is 5.04. The van der Waals surface area contributed by atoms with Crippen molar-refractivity contribution >= 4 is 11.8 Å². The molecule has 0 unspecified atom stereocenters. The van der Waals surface area contributed by atoms with Crippen LogP contribution in [-0.2, 0) is 17.5 Å². The zero-order valence-corrected chi connectivity index (χ0v) is 17.0. The SMILES string of the molecule is COc1cccc(CN2CC[C@@H](NC(=O)CNC(=O)c3cccc(C(F)(F)F)c3)C2)c1. The fourth-order valence-electron chi connectivity index (χ4n) is 3.50. The second-order valence-corrected chi connectivity index (χ2v) is 7.40. The lowest BCUT2D eigenvalue weighted by atomic mass is 10.1. The molecule has 31 heavy (non-hydrogen) atoms. The molecule has 1 saturated heterocycles. The number of methoxy groups -OCH3 is 1. The van der Waals surface area contributed by atoms with E-state index in [4.69, 9.17) is 4.74 Å². The third-order valence-corrected chi connectivity index (χ3v) is 5.04. The average Bonchev–Trinajstić information content (AvgIpc) is 3.18. The van der Waals surface area contributed by atoms with E-state index in [1.165, 1.54) is 6.07 Å². The Hall–Kier alpha value is -3.07. The average molecular weight is 435 g/mol. The van der Waals surface area contributed by atoms with Crippen molar-refractivity contribution in [3.05, 3.63) is 65.2 Å². The van der Waals surface area contributed by atoms with Gasteiger partial charge in [0.2, 0.25) is 5.91 Å². The molecule has 0 saturated carbocycles. The first-order valence-electron chi connectivity index (χ1n) is 9.84. The Bertz CT molecular complexity index is 933. The first-order chi connectivity index (χ1) is 14.7. The lowest BCUT2D eigenvalue weighted by Crippen LogP contribution is -2.43. The fourth-order valence-corrected chi connectivity index (χ4v) is 3.50. The number of nitrogens with one attached hydrogen (secondary N) is 2. The third kappa shape index (κ3) is 6.45. The Balaban J connectivity index is 1.44. The molecule has 1 heterocycles. The van der Waals surface area contributed by atoms with Crippen molar-refractivity contribution in [3.8, 4) is 5.75 Å². The molecule has 0 aromatic heterocycles. The molecular weight excluding hydrogens is 411 g/mol. The normalized spacial score (nSPS) is 16.7. The molecule has 3 rings (SSSR count). The van der Waals surface area contributed by atoms with E-state index in [-0.39, 0.29) is 24.1 Å². The first-order valence-corrected chi connectivity index (χ1v) is 9.84. The highest BCUT2D eigenvalue weighted by Crippen LogP contribution is 2.29. The maximum atomic E-state index is 12.8. The predicted octanol–water partition coefficient (Wildman–Crippen LogP) is 2.83. The van der Waals surface area contributed by atoms with Gasteiger partial charge in [0.25, 0.3) is 5.91 Å².